The monoisotopic (exact) mass is 247 g/mol. The highest BCUT2D eigenvalue weighted by Gasteiger charge is 2.22. The zero-order valence-corrected chi connectivity index (χ0v) is 11.1. The predicted octanol–water partition coefficient (Wildman–Crippen LogP) is 2.10. The lowest BCUT2D eigenvalue weighted by atomic mass is 9.98. The fraction of sp³-hybridized carbons (Fsp3) is 0.462. The summed E-state index contributed by atoms with van der Waals surface area (Å²) in [5, 5.41) is 13.4. The van der Waals surface area contributed by atoms with Gasteiger partial charge in [-0.3, -0.25) is 4.79 Å². The molecule has 0 aliphatic rings. The van der Waals surface area contributed by atoms with E-state index in [9.17, 15) is 4.79 Å². The van der Waals surface area contributed by atoms with E-state index in [1.807, 2.05) is 13.8 Å². The minimum absolute atomic E-state index is 0.573. The molecule has 5 nitrogen and oxygen atoms in total. The van der Waals surface area contributed by atoms with Gasteiger partial charge >= 0.3 is 5.97 Å². The molecule has 0 amide bonds. The summed E-state index contributed by atoms with van der Waals surface area (Å²) in [5.41, 5.74) is 4.28. The smallest absolute Gasteiger partial charge is 0.310 e. The first-order valence-corrected chi connectivity index (χ1v) is 6.03. The molecule has 1 unspecified atom stereocenters. The molecule has 0 radical (unpaired) electrons. The number of aromatic nitrogens is 3. The van der Waals surface area contributed by atoms with Crippen molar-refractivity contribution in [2.45, 2.75) is 40.0 Å². The Kier molecular flexibility index (Phi) is 3.07. The van der Waals surface area contributed by atoms with Crippen molar-refractivity contribution in [2.75, 3.05) is 0 Å². The van der Waals surface area contributed by atoms with Crippen LogP contribution in [0.25, 0.3) is 5.65 Å². The van der Waals surface area contributed by atoms with Crippen LogP contribution in [-0.2, 0) is 11.2 Å². The molecule has 2 heterocycles. The lowest BCUT2D eigenvalue weighted by Gasteiger charge is -2.14. The van der Waals surface area contributed by atoms with Crippen molar-refractivity contribution < 1.29 is 9.90 Å². The van der Waals surface area contributed by atoms with Gasteiger partial charge in [0.05, 0.1) is 12.1 Å². The van der Waals surface area contributed by atoms with Gasteiger partial charge in [-0.15, -0.1) is 0 Å². The van der Waals surface area contributed by atoms with Crippen LogP contribution in [0.3, 0.4) is 0 Å². The number of nitrogens with zero attached hydrogens (tertiary/aromatic N) is 3. The van der Waals surface area contributed by atoms with E-state index in [1.165, 1.54) is 0 Å². The van der Waals surface area contributed by atoms with E-state index >= 15 is 0 Å². The number of carboxylic acids is 1. The first-order chi connectivity index (χ1) is 8.47. The average Bonchev–Trinajstić information content (AvgIpc) is 2.71. The van der Waals surface area contributed by atoms with Crippen molar-refractivity contribution in [3.05, 3.63) is 28.7 Å². The van der Waals surface area contributed by atoms with Crippen LogP contribution in [0.4, 0.5) is 0 Å². The first-order valence-electron chi connectivity index (χ1n) is 6.03. The molecule has 0 aliphatic carbocycles. The van der Waals surface area contributed by atoms with E-state index in [-0.39, 0.29) is 0 Å². The summed E-state index contributed by atoms with van der Waals surface area (Å²) in [4.78, 5) is 15.7. The molecule has 0 saturated carbocycles. The maximum absolute atomic E-state index is 11.1. The van der Waals surface area contributed by atoms with E-state index in [0.717, 1.165) is 34.6 Å². The third-order valence-corrected chi connectivity index (χ3v) is 3.37. The van der Waals surface area contributed by atoms with Crippen LogP contribution in [0.5, 0.6) is 0 Å². The van der Waals surface area contributed by atoms with Gasteiger partial charge in [-0.05, 0) is 27.2 Å². The molecular formula is C13H17N3O2. The Bertz CT molecular complexity index is 616. The van der Waals surface area contributed by atoms with Crippen LogP contribution >= 0.6 is 0 Å². The van der Waals surface area contributed by atoms with Crippen LogP contribution in [0.2, 0.25) is 0 Å². The number of aryl methyl sites for hydroxylation is 3. The Morgan fingerprint density at radius 3 is 2.72 bits per heavy atom. The van der Waals surface area contributed by atoms with Crippen molar-refractivity contribution in [1.29, 1.82) is 0 Å². The topological polar surface area (TPSA) is 67.5 Å². The van der Waals surface area contributed by atoms with Gasteiger partial charge in [0.25, 0.3) is 0 Å². The number of aliphatic carboxylic acids is 1. The minimum atomic E-state index is -0.842. The summed E-state index contributed by atoms with van der Waals surface area (Å²) >= 11 is 0. The van der Waals surface area contributed by atoms with Crippen molar-refractivity contribution in [1.82, 2.24) is 14.6 Å². The summed E-state index contributed by atoms with van der Waals surface area (Å²) in [6.45, 7) is 7.48. The largest absolute Gasteiger partial charge is 0.481 e. The molecule has 96 valence electrons. The van der Waals surface area contributed by atoms with Gasteiger partial charge in [-0.1, -0.05) is 6.92 Å². The highest BCUT2D eigenvalue weighted by molar-refractivity contribution is 5.76. The Morgan fingerprint density at radius 2 is 2.17 bits per heavy atom. The number of carbonyl (C=O) groups is 1. The quantitative estimate of drug-likeness (QED) is 0.901. The number of fused-ring (bicyclic) bond motifs is 1. The van der Waals surface area contributed by atoms with Crippen LogP contribution < -0.4 is 0 Å². The van der Waals surface area contributed by atoms with Gasteiger partial charge in [0.2, 0.25) is 0 Å². The average molecular weight is 247 g/mol. The van der Waals surface area contributed by atoms with Crippen molar-refractivity contribution in [3.8, 4) is 0 Å². The Hall–Kier alpha value is -1.91. The second-order valence-corrected chi connectivity index (χ2v) is 4.51. The number of hydrogen-bond donors (Lipinski definition) is 1. The summed E-state index contributed by atoms with van der Waals surface area (Å²) in [6, 6.07) is 0. The minimum Gasteiger partial charge on any atom is -0.481 e. The zero-order valence-electron chi connectivity index (χ0n) is 11.1. The van der Waals surface area contributed by atoms with Gasteiger partial charge in [-0.25, -0.2) is 9.50 Å². The number of hydrogen-bond acceptors (Lipinski definition) is 3. The van der Waals surface area contributed by atoms with Crippen LogP contribution in [-0.4, -0.2) is 25.7 Å². The van der Waals surface area contributed by atoms with Gasteiger partial charge < -0.3 is 5.11 Å². The van der Waals surface area contributed by atoms with Crippen LogP contribution in [0.15, 0.2) is 6.20 Å². The summed E-state index contributed by atoms with van der Waals surface area (Å²) in [6.07, 6.45) is 2.66. The SMILES string of the molecule is CCc1cnn2c(C)c(C(C)C(=O)O)c(C)nc12. The second kappa shape index (κ2) is 4.40. The molecule has 0 fully saturated rings. The third kappa shape index (κ3) is 1.75. The fourth-order valence-electron chi connectivity index (χ4n) is 2.34. The number of carboxylic acid groups (broad SMARTS) is 1. The third-order valence-electron chi connectivity index (χ3n) is 3.37. The summed E-state index contributed by atoms with van der Waals surface area (Å²) < 4.78 is 1.74. The molecular weight excluding hydrogens is 230 g/mol. The van der Waals surface area contributed by atoms with Crippen LogP contribution in [0.1, 0.15) is 42.3 Å². The lowest BCUT2D eigenvalue weighted by molar-refractivity contribution is -0.138. The molecule has 2 rings (SSSR count). The van der Waals surface area contributed by atoms with Crippen molar-refractivity contribution in [2.24, 2.45) is 0 Å². The maximum atomic E-state index is 11.1. The Balaban J connectivity index is 2.74. The molecule has 5 heteroatoms. The molecule has 0 aromatic carbocycles. The van der Waals surface area contributed by atoms with Crippen molar-refractivity contribution >= 4 is 11.6 Å². The molecule has 0 saturated heterocycles. The fourth-order valence-corrected chi connectivity index (χ4v) is 2.34. The van der Waals surface area contributed by atoms with Gasteiger partial charge in [0.1, 0.15) is 0 Å². The Labute approximate surface area is 105 Å². The zero-order chi connectivity index (χ0) is 13.4. The first kappa shape index (κ1) is 12.5. The lowest BCUT2D eigenvalue weighted by Crippen LogP contribution is -2.14. The van der Waals surface area contributed by atoms with E-state index in [0.29, 0.717) is 0 Å². The molecule has 0 spiro atoms. The van der Waals surface area contributed by atoms with Gasteiger partial charge in [0.15, 0.2) is 5.65 Å². The molecule has 1 N–H and O–H groups in total. The second-order valence-electron chi connectivity index (χ2n) is 4.51. The molecule has 2 aromatic rings. The normalized spacial score (nSPS) is 12.9. The molecule has 2 aromatic heterocycles. The maximum Gasteiger partial charge on any atom is 0.310 e. The van der Waals surface area contributed by atoms with E-state index in [1.54, 1.807) is 17.6 Å². The van der Waals surface area contributed by atoms with E-state index in [2.05, 4.69) is 17.0 Å². The number of rotatable bonds is 3. The summed E-state index contributed by atoms with van der Waals surface area (Å²) in [5.74, 6) is -1.42. The molecule has 18 heavy (non-hydrogen) atoms. The molecule has 1 atom stereocenters. The van der Waals surface area contributed by atoms with E-state index in [4.69, 9.17) is 5.11 Å². The van der Waals surface area contributed by atoms with Crippen LogP contribution in [0, 0.1) is 13.8 Å². The molecule has 0 bridgehead atoms. The van der Waals surface area contributed by atoms with Gasteiger partial charge in [0, 0.05) is 22.5 Å². The molecule has 0 aliphatic heterocycles. The van der Waals surface area contributed by atoms with Gasteiger partial charge in [-0.2, -0.15) is 5.10 Å². The standard InChI is InChI=1S/C13H17N3O2/c1-5-10-6-14-16-9(4)11(7(2)13(17)18)8(3)15-12(10)16/h6-7H,5H2,1-4H3,(H,17,18). The van der Waals surface area contributed by atoms with Crippen molar-refractivity contribution in [3.63, 3.8) is 0 Å². The predicted molar refractivity (Wildman–Crippen MR) is 67.9 cm³/mol. The Morgan fingerprint density at radius 1 is 1.50 bits per heavy atom. The summed E-state index contributed by atoms with van der Waals surface area (Å²) in [7, 11) is 0. The highest BCUT2D eigenvalue weighted by Crippen LogP contribution is 2.24. The van der Waals surface area contributed by atoms with E-state index < -0.39 is 11.9 Å². The highest BCUT2D eigenvalue weighted by atomic mass is 16.4.